The topological polar surface area (TPSA) is 23.8 Å². The first-order valence-corrected chi connectivity index (χ1v) is 7.20. The molecule has 0 saturated heterocycles. The minimum absolute atomic E-state index is 0.715. The molecule has 1 aromatic rings. The first-order chi connectivity index (χ1) is 8.74. The minimum Gasteiger partial charge on any atom is -0.192 e. The molecule has 2 aliphatic carbocycles. The van der Waals surface area contributed by atoms with Gasteiger partial charge < -0.3 is 0 Å². The Bertz CT molecular complexity index is 374. The van der Waals surface area contributed by atoms with E-state index in [1.54, 1.807) is 18.6 Å². The quantitative estimate of drug-likeness (QED) is 0.616. The van der Waals surface area contributed by atoms with Gasteiger partial charge in [0.05, 0.1) is 11.6 Å². The van der Waals surface area contributed by atoms with Crippen LogP contribution in [0.5, 0.6) is 0 Å². The van der Waals surface area contributed by atoms with E-state index in [9.17, 15) is 0 Å². The summed E-state index contributed by atoms with van der Waals surface area (Å²) in [7, 11) is 0. The van der Waals surface area contributed by atoms with E-state index in [4.69, 9.17) is 5.26 Å². The van der Waals surface area contributed by atoms with Crippen molar-refractivity contribution in [2.24, 2.45) is 11.3 Å². The van der Waals surface area contributed by atoms with Crippen LogP contribution < -0.4 is 0 Å². The Hall–Kier alpha value is -1.29. The average Bonchev–Trinajstić information content (AvgIpc) is 3.14. The SMILES string of the molecule is CC.CC12CCCCC1C2.N#Cc1ccccc1. The molecule has 1 nitrogen and oxygen atoms in total. The molecule has 0 N–H and O–H groups in total. The third-order valence-corrected chi connectivity index (χ3v) is 3.99. The highest BCUT2D eigenvalue weighted by atomic mass is 14.5. The van der Waals surface area contributed by atoms with Crippen LogP contribution in [0.3, 0.4) is 0 Å². The van der Waals surface area contributed by atoms with E-state index in [2.05, 4.69) is 6.92 Å². The zero-order valence-corrected chi connectivity index (χ0v) is 11.9. The lowest BCUT2D eigenvalue weighted by Crippen LogP contribution is -2.03. The smallest absolute Gasteiger partial charge is 0.0991 e. The second-order valence-electron chi connectivity index (χ2n) is 5.28. The molecule has 0 amide bonds. The van der Waals surface area contributed by atoms with Crippen molar-refractivity contribution in [2.45, 2.75) is 52.9 Å². The minimum atomic E-state index is 0.715. The highest BCUT2D eigenvalue weighted by Crippen LogP contribution is 2.60. The Balaban J connectivity index is 0.000000159. The van der Waals surface area contributed by atoms with Gasteiger partial charge in [-0.1, -0.05) is 51.8 Å². The Morgan fingerprint density at radius 2 is 1.83 bits per heavy atom. The van der Waals surface area contributed by atoms with Crippen molar-refractivity contribution in [3.05, 3.63) is 35.9 Å². The zero-order chi connectivity index (χ0) is 13.4. The molecular formula is C17H25N. The number of hydrogen-bond donors (Lipinski definition) is 0. The van der Waals surface area contributed by atoms with Gasteiger partial charge in [0.2, 0.25) is 0 Å². The number of benzene rings is 1. The number of fused-ring (bicyclic) bond motifs is 1. The molecule has 2 fully saturated rings. The summed E-state index contributed by atoms with van der Waals surface area (Å²) in [4.78, 5) is 0. The van der Waals surface area contributed by atoms with Crippen LogP contribution in [0.25, 0.3) is 0 Å². The van der Waals surface area contributed by atoms with Crippen LogP contribution in [-0.2, 0) is 0 Å². The molecular weight excluding hydrogens is 218 g/mol. The van der Waals surface area contributed by atoms with E-state index in [0.717, 1.165) is 11.3 Å². The van der Waals surface area contributed by atoms with Gasteiger partial charge in [0.1, 0.15) is 0 Å². The van der Waals surface area contributed by atoms with Crippen molar-refractivity contribution in [3.63, 3.8) is 0 Å². The molecule has 0 aliphatic heterocycles. The molecule has 0 radical (unpaired) electrons. The van der Waals surface area contributed by atoms with Crippen LogP contribution >= 0.6 is 0 Å². The van der Waals surface area contributed by atoms with Gasteiger partial charge in [0.25, 0.3) is 0 Å². The third-order valence-electron chi connectivity index (χ3n) is 3.99. The number of hydrogen-bond acceptors (Lipinski definition) is 1. The number of nitriles is 1. The second kappa shape index (κ2) is 7.21. The molecule has 0 aromatic heterocycles. The summed E-state index contributed by atoms with van der Waals surface area (Å²) in [5.41, 5.74) is 1.56. The van der Waals surface area contributed by atoms with Crippen molar-refractivity contribution in [1.29, 1.82) is 5.26 Å². The standard InChI is InChI=1S/C8H14.C7H5N.C2H6/c1-8-5-3-2-4-7(8)6-8;8-6-7-4-2-1-3-5-7;1-2/h7H,2-6H2,1H3;1-5H;1-2H3. The van der Waals surface area contributed by atoms with E-state index in [0.29, 0.717) is 5.56 Å². The molecule has 2 saturated carbocycles. The summed E-state index contributed by atoms with van der Waals surface area (Å²) in [5.74, 6) is 1.15. The lowest BCUT2D eigenvalue weighted by molar-refractivity contribution is 0.366. The maximum Gasteiger partial charge on any atom is 0.0991 e. The van der Waals surface area contributed by atoms with Crippen molar-refractivity contribution < 1.29 is 0 Å². The zero-order valence-electron chi connectivity index (χ0n) is 11.9. The van der Waals surface area contributed by atoms with Crippen LogP contribution in [0.2, 0.25) is 0 Å². The van der Waals surface area contributed by atoms with Crippen LogP contribution in [-0.4, -0.2) is 0 Å². The molecule has 1 aromatic carbocycles. The fourth-order valence-electron chi connectivity index (χ4n) is 2.69. The fourth-order valence-corrected chi connectivity index (χ4v) is 2.69. The Labute approximate surface area is 112 Å². The van der Waals surface area contributed by atoms with Gasteiger partial charge in [-0.2, -0.15) is 5.26 Å². The van der Waals surface area contributed by atoms with Gasteiger partial charge in [-0.25, -0.2) is 0 Å². The van der Waals surface area contributed by atoms with Gasteiger partial charge in [-0.05, 0) is 42.7 Å². The molecule has 3 rings (SSSR count). The van der Waals surface area contributed by atoms with Crippen molar-refractivity contribution >= 4 is 0 Å². The van der Waals surface area contributed by atoms with Gasteiger partial charge in [0, 0.05) is 0 Å². The largest absolute Gasteiger partial charge is 0.192 e. The highest BCUT2D eigenvalue weighted by Gasteiger charge is 2.50. The number of rotatable bonds is 0. The number of nitrogens with zero attached hydrogens (tertiary/aromatic N) is 1. The van der Waals surface area contributed by atoms with Crippen LogP contribution in [0.1, 0.15) is 58.4 Å². The van der Waals surface area contributed by atoms with Gasteiger partial charge >= 0.3 is 0 Å². The average molecular weight is 243 g/mol. The highest BCUT2D eigenvalue weighted by molar-refractivity contribution is 5.27. The maximum atomic E-state index is 8.29. The van der Waals surface area contributed by atoms with E-state index >= 15 is 0 Å². The predicted molar refractivity (Wildman–Crippen MR) is 77.2 cm³/mol. The van der Waals surface area contributed by atoms with Crippen LogP contribution in [0, 0.1) is 22.7 Å². The van der Waals surface area contributed by atoms with Crippen LogP contribution in [0.15, 0.2) is 30.3 Å². The molecule has 1 heteroatoms. The van der Waals surface area contributed by atoms with E-state index in [1.165, 1.54) is 25.7 Å². The molecule has 0 heterocycles. The normalized spacial score (nSPS) is 27.3. The Kier molecular flexibility index (Phi) is 5.92. The summed E-state index contributed by atoms with van der Waals surface area (Å²) in [5, 5.41) is 8.29. The van der Waals surface area contributed by atoms with E-state index in [1.807, 2.05) is 38.1 Å². The Morgan fingerprint density at radius 3 is 2.22 bits per heavy atom. The van der Waals surface area contributed by atoms with Gasteiger partial charge in [-0.3, -0.25) is 0 Å². The molecule has 2 atom stereocenters. The summed E-state index contributed by atoms with van der Waals surface area (Å²) in [6.45, 7) is 6.46. The van der Waals surface area contributed by atoms with Crippen molar-refractivity contribution in [1.82, 2.24) is 0 Å². The van der Waals surface area contributed by atoms with E-state index < -0.39 is 0 Å². The molecule has 2 aliphatic rings. The first-order valence-electron chi connectivity index (χ1n) is 7.20. The van der Waals surface area contributed by atoms with Gasteiger partial charge in [0.15, 0.2) is 0 Å². The van der Waals surface area contributed by atoms with Crippen molar-refractivity contribution in [2.75, 3.05) is 0 Å². The van der Waals surface area contributed by atoms with Crippen LogP contribution in [0.4, 0.5) is 0 Å². The maximum absolute atomic E-state index is 8.29. The van der Waals surface area contributed by atoms with Gasteiger partial charge in [-0.15, -0.1) is 0 Å². The third kappa shape index (κ3) is 4.18. The summed E-state index contributed by atoms with van der Waals surface area (Å²) >= 11 is 0. The lowest BCUT2D eigenvalue weighted by Gasteiger charge is -2.15. The molecule has 98 valence electrons. The summed E-state index contributed by atoms with van der Waals surface area (Å²) in [6.07, 6.45) is 7.63. The summed E-state index contributed by atoms with van der Waals surface area (Å²) in [6, 6.07) is 11.2. The monoisotopic (exact) mass is 243 g/mol. The predicted octanol–water partition coefficient (Wildman–Crippen LogP) is 5.17. The molecule has 0 spiro atoms. The molecule has 0 bridgehead atoms. The lowest BCUT2D eigenvalue weighted by atomic mass is 9.90. The second-order valence-corrected chi connectivity index (χ2v) is 5.28. The Morgan fingerprint density at radius 1 is 1.17 bits per heavy atom. The molecule has 18 heavy (non-hydrogen) atoms. The molecule has 2 unspecified atom stereocenters. The fraction of sp³-hybridized carbons (Fsp3) is 0.588. The summed E-state index contributed by atoms with van der Waals surface area (Å²) < 4.78 is 0. The van der Waals surface area contributed by atoms with E-state index in [-0.39, 0.29) is 0 Å². The van der Waals surface area contributed by atoms with Crippen molar-refractivity contribution in [3.8, 4) is 6.07 Å². The first kappa shape index (κ1) is 14.8.